The molecule has 6 rings (SSSR count). The Bertz CT molecular complexity index is 1580. The highest BCUT2D eigenvalue weighted by atomic mass is 19.4. The summed E-state index contributed by atoms with van der Waals surface area (Å²) in [7, 11) is 0. The van der Waals surface area contributed by atoms with Crippen LogP contribution in [0.15, 0.2) is 70.8 Å². The number of carbonyl (C=O) groups is 1. The van der Waals surface area contributed by atoms with Crippen molar-refractivity contribution in [3.05, 3.63) is 88.7 Å². The average Bonchev–Trinajstić information content (AvgIpc) is 3.24. The maximum absolute atomic E-state index is 13.5. The summed E-state index contributed by atoms with van der Waals surface area (Å²) in [4.78, 5) is 30.3. The second-order valence-corrected chi connectivity index (χ2v) is 9.92. The van der Waals surface area contributed by atoms with Gasteiger partial charge in [-0.2, -0.15) is 18.2 Å². The zero-order valence-corrected chi connectivity index (χ0v) is 22.0. The number of nitrogens with one attached hydrogen (secondary N) is 1. The second kappa shape index (κ2) is 10.9. The van der Waals surface area contributed by atoms with Gasteiger partial charge in [0, 0.05) is 36.3 Å². The minimum absolute atomic E-state index is 0.176. The van der Waals surface area contributed by atoms with Crippen molar-refractivity contribution in [2.24, 2.45) is 15.7 Å². The van der Waals surface area contributed by atoms with E-state index >= 15 is 0 Å². The summed E-state index contributed by atoms with van der Waals surface area (Å²) in [6, 6.07) is 15.6. The standard InChI is InChI=1S/C28H24F3N8O3/c29-28(30,31)26-34-12-19(24(38-26)39-13-16-10-11-17(14-39)41-16)22(32)42-27(33)37-23-25(40)35-20-9-5-4-8-18(20)21(36-23)15-6-2-1-3-7-15/h1-9,12,16-17,23H,10-11,13-14H2,(H2,33,37)(H,35,40)/q-1/t16?,17?,23-/m1/s1. The van der Waals surface area contributed by atoms with Gasteiger partial charge >= 0.3 is 6.18 Å². The number of amides is 1. The molecule has 2 aromatic carbocycles. The molecule has 0 spiro atoms. The molecule has 0 aliphatic carbocycles. The van der Waals surface area contributed by atoms with Crippen LogP contribution in [0.3, 0.4) is 0 Å². The number of anilines is 2. The molecule has 14 heteroatoms. The van der Waals surface area contributed by atoms with Crippen molar-refractivity contribution in [2.75, 3.05) is 23.3 Å². The summed E-state index contributed by atoms with van der Waals surface area (Å²) in [6.45, 7) is 0.545. The molecule has 3 atom stereocenters. The Labute approximate surface area is 237 Å². The first-order valence-corrected chi connectivity index (χ1v) is 13.1. The zero-order valence-electron chi connectivity index (χ0n) is 22.0. The molecule has 2 bridgehead atoms. The largest absolute Gasteiger partial charge is 0.770 e. The number of morpholine rings is 1. The van der Waals surface area contributed by atoms with Crippen molar-refractivity contribution in [2.45, 2.75) is 37.4 Å². The summed E-state index contributed by atoms with van der Waals surface area (Å²) in [6.07, 6.45) is -4.23. The van der Waals surface area contributed by atoms with Gasteiger partial charge in [-0.05, 0) is 18.9 Å². The number of nitrogens with zero attached hydrogens (tertiary/aromatic N) is 6. The number of nitrogens with two attached hydrogens (primary N) is 1. The van der Waals surface area contributed by atoms with E-state index < -0.39 is 36.0 Å². The number of carbonyl (C=O) groups excluding carboxylic acids is 1. The number of halogens is 3. The Balaban J connectivity index is 1.30. The number of amidine groups is 1. The van der Waals surface area contributed by atoms with E-state index in [2.05, 4.69) is 25.3 Å². The average molecular weight is 578 g/mol. The summed E-state index contributed by atoms with van der Waals surface area (Å²) in [5, 5.41) is 13.6. The van der Waals surface area contributed by atoms with Crippen molar-refractivity contribution in [1.29, 1.82) is 0 Å². The highest BCUT2D eigenvalue weighted by Gasteiger charge is 2.39. The molecule has 2 saturated heterocycles. The van der Waals surface area contributed by atoms with Crippen molar-refractivity contribution in [1.82, 2.24) is 9.97 Å². The highest BCUT2D eigenvalue weighted by Crippen LogP contribution is 2.33. The molecule has 42 heavy (non-hydrogen) atoms. The zero-order chi connectivity index (χ0) is 29.4. The number of hydrogen-bond donors (Lipinski definition) is 2. The summed E-state index contributed by atoms with van der Waals surface area (Å²) < 4.78 is 51.5. The number of hydrogen-bond acceptors (Lipinski definition) is 8. The van der Waals surface area contributed by atoms with E-state index in [1.54, 1.807) is 29.2 Å². The van der Waals surface area contributed by atoms with Crippen LogP contribution >= 0.6 is 0 Å². The van der Waals surface area contributed by atoms with Crippen molar-refractivity contribution in [3.63, 3.8) is 0 Å². The van der Waals surface area contributed by atoms with Gasteiger partial charge in [0.2, 0.25) is 12.0 Å². The van der Waals surface area contributed by atoms with Crippen molar-refractivity contribution in [3.8, 4) is 0 Å². The predicted octanol–water partition coefficient (Wildman–Crippen LogP) is 3.33. The number of benzodiazepines with no additional fused rings is 1. The third kappa shape index (κ3) is 5.52. The molecular weight excluding hydrogens is 553 g/mol. The van der Waals surface area contributed by atoms with E-state index in [0.29, 0.717) is 17.0 Å². The van der Waals surface area contributed by atoms with Gasteiger partial charge in [-0.25, -0.2) is 15.0 Å². The van der Waals surface area contributed by atoms with Gasteiger partial charge < -0.3 is 30.8 Å². The van der Waals surface area contributed by atoms with Gasteiger partial charge in [0.1, 0.15) is 5.82 Å². The quantitative estimate of drug-likeness (QED) is 0.357. The Morgan fingerprint density at radius 3 is 2.50 bits per heavy atom. The molecule has 2 unspecified atom stereocenters. The first-order chi connectivity index (χ1) is 20.2. The molecule has 1 aromatic heterocycles. The SMILES string of the molecule is [N-]=C(O/C(N)=N/[C@H]1N=C(c2ccccc2)c2ccccc2NC1=O)c1cnc(C(F)(F)F)nc1N1CC2CCC(C1)O2. The number of benzene rings is 2. The third-order valence-electron chi connectivity index (χ3n) is 7.02. The molecule has 3 aromatic rings. The van der Waals surface area contributed by atoms with Crippen LogP contribution in [-0.4, -0.2) is 65.0 Å². The van der Waals surface area contributed by atoms with Crippen molar-refractivity contribution < 1.29 is 27.4 Å². The fraction of sp³-hybridized carbons (Fsp3) is 0.286. The van der Waals surface area contributed by atoms with Gasteiger partial charge in [-0.15, -0.1) is 0 Å². The van der Waals surface area contributed by atoms with E-state index in [1.165, 1.54) is 0 Å². The van der Waals surface area contributed by atoms with Gasteiger partial charge in [0.05, 0.1) is 29.2 Å². The lowest BCUT2D eigenvalue weighted by Crippen LogP contribution is -2.44. The number of fused-ring (bicyclic) bond motifs is 3. The fourth-order valence-corrected chi connectivity index (χ4v) is 5.15. The molecule has 4 heterocycles. The van der Waals surface area contributed by atoms with E-state index in [-0.39, 0.29) is 36.7 Å². The minimum Gasteiger partial charge on any atom is -0.770 e. The lowest BCUT2D eigenvalue weighted by atomic mass is 10.0. The lowest BCUT2D eigenvalue weighted by Gasteiger charge is -2.34. The van der Waals surface area contributed by atoms with E-state index in [9.17, 15) is 23.4 Å². The van der Waals surface area contributed by atoms with Gasteiger partial charge in [-0.3, -0.25) is 4.79 Å². The number of alkyl halides is 3. The molecule has 0 radical (unpaired) electrons. The Hall–Kier alpha value is -4.85. The summed E-state index contributed by atoms with van der Waals surface area (Å²) in [5.41, 5.74) is 8.12. The van der Waals surface area contributed by atoms with E-state index in [4.69, 9.17) is 15.2 Å². The first kappa shape index (κ1) is 27.3. The van der Waals surface area contributed by atoms with Crippen molar-refractivity contribution >= 4 is 35.0 Å². The molecule has 0 saturated carbocycles. The number of para-hydroxylation sites is 1. The molecule has 3 aliphatic rings. The Kier molecular flexibility index (Phi) is 7.06. The second-order valence-electron chi connectivity index (χ2n) is 9.92. The van der Waals surface area contributed by atoms with Gasteiger partial charge in [0.15, 0.2) is 0 Å². The predicted molar refractivity (Wildman–Crippen MR) is 148 cm³/mol. The Morgan fingerprint density at radius 1 is 1.10 bits per heavy atom. The van der Waals surface area contributed by atoms with Gasteiger partial charge in [0.25, 0.3) is 11.9 Å². The number of ether oxygens (including phenoxy) is 2. The highest BCUT2D eigenvalue weighted by molar-refractivity contribution is 6.19. The molecule has 216 valence electrons. The maximum Gasteiger partial charge on any atom is 0.451 e. The van der Waals surface area contributed by atoms with Crippen LogP contribution in [-0.2, 0) is 20.4 Å². The molecular formula is C28H24F3N8O3-. The van der Waals surface area contributed by atoms with Crippen LogP contribution < -0.4 is 16.0 Å². The third-order valence-corrected chi connectivity index (χ3v) is 7.02. The number of aromatic nitrogens is 2. The number of rotatable bonds is 4. The lowest BCUT2D eigenvalue weighted by molar-refractivity contribution is -0.144. The van der Waals surface area contributed by atoms with Crippen LogP contribution in [0.25, 0.3) is 5.41 Å². The van der Waals surface area contributed by atoms with E-state index in [1.807, 2.05) is 30.3 Å². The Morgan fingerprint density at radius 2 is 1.79 bits per heavy atom. The molecule has 1 amide bonds. The smallest absolute Gasteiger partial charge is 0.451 e. The normalized spacial score (nSPS) is 22.1. The van der Waals surface area contributed by atoms with Gasteiger partial charge in [-0.1, -0.05) is 48.5 Å². The first-order valence-electron chi connectivity index (χ1n) is 13.1. The summed E-state index contributed by atoms with van der Waals surface area (Å²) in [5.74, 6) is -3.05. The van der Waals surface area contributed by atoms with Crippen LogP contribution in [0, 0.1) is 0 Å². The minimum atomic E-state index is -4.81. The molecule has 11 nitrogen and oxygen atoms in total. The van der Waals surface area contributed by atoms with Crippen LogP contribution in [0.5, 0.6) is 0 Å². The maximum atomic E-state index is 13.5. The summed E-state index contributed by atoms with van der Waals surface area (Å²) >= 11 is 0. The van der Waals surface area contributed by atoms with Crippen LogP contribution in [0.1, 0.15) is 35.4 Å². The topological polar surface area (TPSA) is 150 Å². The monoisotopic (exact) mass is 577 g/mol. The molecule has 3 N–H and O–H groups in total. The van der Waals surface area contributed by atoms with Crippen LogP contribution in [0.2, 0.25) is 0 Å². The molecule has 3 aliphatic heterocycles. The van der Waals surface area contributed by atoms with Crippen LogP contribution in [0.4, 0.5) is 24.7 Å². The number of aliphatic imine (C=N–C) groups is 2. The molecule has 2 fully saturated rings. The fourth-order valence-electron chi connectivity index (χ4n) is 5.15. The van der Waals surface area contributed by atoms with E-state index in [0.717, 1.165) is 24.6 Å².